The Hall–Kier alpha value is -3.91. The molecule has 0 bridgehead atoms. The summed E-state index contributed by atoms with van der Waals surface area (Å²) < 4.78 is 7.34. The number of hydrogen-bond acceptors (Lipinski definition) is 5. The molecule has 0 saturated heterocycles. The molecule has 2 N–H and O–H groups in total. The number of hydrogen-bond donors (Lipinski definition) is 2. The van der Waals surface area contributed by atoms with E-state index in [2.05, 4.69) is 104 Å². The number of carbonyl (C=O) groups excluding carboxylic acids is 1. The summed E-state index contributed by atoms with van der Waals surface area (Å²) in [6.07, 6.45) is 2.74. The third-order valence-corrected chi connectivity index (χ3v) is 13.6. The summed E-state index contributed by atoms with van der Waals surface area (Å²) in [5, 5.41) is 9.13. The van der Waals surface area contributed by atoms with Crippen LogP contribution in [0.15, 0.2) is 127 Å². The third-order valence-electron chi connectivity index (χ3n) is 8.29. The minimum atomic E-state index is -2.78. The van der Waals surface area contributed by atoms with Crippen LogP contribution in [0.1, 0.15) is 46.2 Å². The Labute approximate surface area is 267 Å². The molecule has 0 radical (unpaired) electrons. The first-order chi connectivity index (χ1) is 21.1. The molecule has 1 aliphatic rings. The number of nitrogens with one attached hydrogen (secondary N) is 2. The van der Waals surface area contributed by atoms with E-state index in [9.17, 15) is 4.79 Å². The van der Waals surface area contributed by atoms with E-state index in [0.29, 0.717) is 36.6 Å². The van der Waals surface area contributed by atoms with E-state index in [-0.39, 0.29) is 10.8 Å². The summed E-state index contributed by atoms with van der Waals surface area (Å²) in [6.45, 7) is 9.92. The molecule has 3 aromatic carbocycles. The molecule has 1 aliphatic carbocycles. The van der Waals surface area contributed by atoms with E-state index in [4.69, 9.17) is 16.6 Å². The lowest BCUT2D eigenvalue weighted by molar-refractivity contribution is -0.118. The number of pyridine rings is 1. The van der Waals surface area contributed by atoms with Crippen molar-refractivity contribution in [1.29, 1.82) is 0 Å². The molecule has 5 rings (SSSR count). The molecular weight excluding hydrogens is 579 g/mol. The van der Waals surface area contributed by atoms with Gasteiger partial charge in [0, 0.05) is 36.0 Å². The zero-order valence-corrected chi connectivity index (χ0v) is 27.8. The third kappa shape index (κ3) is 6.91. The minimum Gasteiger partial charge on any atom is -0.407 e. The predicted molar refractivity (Wildman–Crippen MR) is 187 cm³/mol. The van der Waals surface area contributed by atoms with Crippen LogP contribution in [0, 0.1) is 5.41 Å². The van der Waals surface area contributed by atoms with Gasteiger partial charge in [0.05, 0.1) is 17.8 Å². The van der Waals surface area contributed by atoms with Crippen LogP contribution in [0.3, 0.4) is 0 Å². The maximum absolute atomic E-state index is 14.0. The number of Topliss-reactive ketones (excluding diaryl/α,β-unsaturated/α-hetero) is 1. The van der Waals surface area contributed by atoms with Gasteiger partial charge in [0.25, 0.3) is 8.32 Å². The summed E-state index contributed by atoms with van der Waals surface area (Å²) in [5.74, 6) is 0.0155. The molecule has 0 saturated carbocycles. The quantitative estimate of drug-likeness (QED) is 0.150. The van der Waals surface area contributed by atoms with Crippen LogP contribution < -0.4 is 21.0 Å². The molecule has 4 aromatic rings. The first kappa shape index (κ1) is 31.5. The van der Waals surface area contributed by atoms with Gasteiger partial charge in [-0.15, -0.1) is 0 Å². The first-order valence-corrected chi connectivity index (χ1v) is 17.4. The molecule has 1 unspecified atom stereocenters. The van der Waals surface area contributed by atoms with E-state index >= 15 is 0 Å². The lowest BCUT2D eigenvalue weighted by Gasteiger charge is -2.46. The fourth-order valence-corrected chi connectivity index (χ4v) is 11.3. The topological polar surface area (TPSA) is 63.2 Å². The Morgan fingerprint density at radius 3 is 1.98 bits per heavy atom. The molecule has 0 aliphatic heterocycles. The van der Waals surface area contributed by atoms with Crippen LogP contribution in [-0.2, 0) is 15.8 Å². The summed E-state index contributed by atoms with van der Waals surface area (Å²) in [7, 11) is -2.78. The lowest BCUT2D eigenvalue weighted by atomic mass is 9.74. The Bertz CT molecular complexity index is 1570. The number of allylic oxidation sites excluding steroid dienone is 1. The smallest absolute Gasteiger partial charge is 0.261 e. The van der Waals surface area contributed by atoms with Gasteiger partial charge in [-0.05, 0) is 46.1 Å². The molecule has 5 nitrogen and oxygen atoms in total. The highest BCUT2D eigenvalue weighted by Crippen LogP contribution is 2.42. The number of thiocarbonyl (C=S) groups is 1. The van der Waals surface area contributed by atoms with Crippen LogP contribution in [0.2, 0.25) is 5.04 Å². The molecule has 1 heterocycles. The summed E-state index contributed by atoms with van der Waals surface area (Å²) in [4.78, 5) is 19.0. The second-order valence-electron chi connectivity index (χ2n) is 12.9. The SMILES string of the molecule is CC1(CO[Si](c2ccccc2)(c2ccccc2)C(C)(C)C)CC(=O)C(C(=S)Nc2ccccc2)=C(NCc2ccccn2)C1. The van der Waals surface area contributed by atoms with Crippen molar-refractivity contribution in [3.8, 4) is 0 Å². The van der Waals surface area contributed by atoms with Crippen molar-refractivity contribution in [3.63, 3.8) is 0 Å². The normalized spacial score (nSPS) is 17.3. The van der Waals surface area contributed by atoms with Gasteiger partial charge in [0.15, 0.2) is 5.78 Å². The largest absolute Gasteiger partial charge is 0.407 e. The van der Waals surface area contributed by atoms with Gasteiger partial charge in [-0.3, -0.25) is 9.78 Å². The Kier molecular flexibility index (Phi) is 9.58. The zero-order valence-electron chi connectivity index (χ0n) is 26.0. The highest BCUT2D eigenvalue weighted by molar-refractivity contribution is 7.81. The summed E-state index contributed by atoms with van der Waals surface area (Å²) in [5.41, 5.74) is 2.68. The maximum Gasteiger partial charge on any atom is 0.261 e. The van der Waals surface area contributed by atoms with Crippen LogP contribution in [-0.4, -0.2) is 30.7 Å². The Balaban J connectivity index is 1.49. The zero-order chi connectivity index (χ0) is 31.2. The van der Waals surface area contributed by atoms with Crippen LogP contribution in [0.5, 0.6) is 0 Å². The maximum atomic E-state index is 14.0. The summed E-state index contributed by atoms with van der Waals surface area (Å²) in [6, 6.07) is 36.9. The average molecular weight is 620 g/mol. The van der Waals surface area contributed by atoms with Crippen LogP contribution in [0.25, 0.3) is 0 Å². The molecule has 0 amide bonds. The number of aromatic nitrogens is 1. The van der Waals surface area contributed by atoms with E-state index in [0.717, 1.165) is 17.1 Å². The minimum absolute atomic E-state index is 0.0155. The van der Waals surface area contributed by atoms with E-state index in [1.165, 1.54) is 10.4 Å². The van der Waals surface area contributed by atoms with Gasteiger partial charge in [-0.2, -0.15) is 0 Å². The molecule has 1 aromatic heterocycles. The number of ketones is 1. The molecule has 1 atom stereocenters. The molecule has 7 heteroatoms. The van der Waals surface area contributed by atoms with E-state index in [1.807, 2.05) is 48.5 Å². The second kappa shape index (κ2) is 13.4. The Morgan fingerprint density at radius 1 is 0.864 bits per heavy atom. The number of carbonyl (C=O) groups is 1. The molecule has 44 heavy (non-hydrogen) atoms. The fraction of sp³-hybridized carbons (Fsp3) is 0.270. The standard InChI is InChI=1S/C37H41N3O2SSi/c1-36(2,3)44(30-19-10-6-11-20-30,31-21-12-7-13-22-31)42-27-37(4)24-32(39-26-29-18-14-15-23-38-29)34(33(41)25-37)35(43)40-28-16-8-5-9-17-28/h5-23,39H,24-27H2,1-4H3,(H,40,43). The van der Waals surface area contributed by atoms with Crippen molar-refractivity contribution >= 4 is 47.4 Å². The van der Waals surface area contributed by atoms with Crippen molar-refractivity contribution in [2.75, 3.05) is 11.9 Å². The highest BCUT2D eigenvalue weighted by atomic mass is 32.1. The number of anilines is 1. The monoisotopic (exact) mass is 619 g/mol. The van der Waals surface area contributed by atoms with Crippen molar-refractivity contribution in [2.24, 2.45) is 5.41 Å². The van der Waals surface area contributed by atoms with Gasteiger partial charge in [-0.25, -0.2) is 0 Å². The first-order valence-electron chi connectivity index (χ1n) is 15.1. The van der Waals surface area contributed by atoms with Crippen LogP contribution >= 0.6 is 12.2 Å². The van der Waals surface area contributed by atoms with Gasteiger partial charge >= 0.3 is 0 Å². The van der Waals surface area contributed by atoms with Gasteiger partial charge in [0.1, 0.15) is 4.99 Å². The van der Waals surface area contributed by atoms with Crippen molar-refractivity contribution in [2.45, 2.75) is 52.1 Å². The molecule has 0 spiro atoms. The summed E-state index contributed by atoms with van der Waals surface area (Å²) >= 11 is 5.85. The number of para-hydroxylation sites is 1. The average Bonchev–Trinajstić information content (AvgIpc) is 3.01. The van der Waals surface area contributed by atoms with Gasteiger partial charge in [0.2, 0.25) is 0 Å². The van der Waals surface area contributed by atoms with Gasteiger partial charge in [-0.1, -0.05) is 125 Å². The van der Waals surface area contributed by atoms with Crippen LogP contribution in [0.4, 0.5) is 5.69 Å². The number of rotatable bonds is 10. The van der Waals surface area contributed by atoms with Crippen molar-refractivity contribution < 1.29 is 9.22 Å². The lowest BCUT2D eigenvalue weighted by Crippen LogP contribution is -2.67. The van der Waals surface area contributed by atoms with Crippen molar-refractivity contribution in [3.05, 3.63) is 132 Å². The van der Waals surface area contributed by atoms with Gasteiger partial charge < -0.3 is 15.1 Å². The fourth-order valence-electron chi connectivity index (χ4n) is 6.20. The second-order valence-corrected chi connectivity index (χ2v) is 17.6. The molecule has 0 fully saturated rings. The molecular formula is C37H41N3O2SSi. The number of benzene rings is 3. The van der Waals surface area contributed by atoms with E-state index in [1.54, 1.807) is 6.20 Å². The van der Waals surface area contributed by atoms with E-state index < -0.39 is 13.7 Å². The Morgan fingerprint density at radius 2 is 1.43 bits per heavy atom. The molecule has 226 valence electrons. The van der Waals surface area contributed by atoms with Crippen molar-refractivity contribution in [1.82, 2.24) is 10.3 Å². The number of nitrogens with zero attached hydrogens (tertiary/aromatic N) is 1. The highest BCUT2D eigenvalue weighted by Gasteiger charge is 2.51. The predicted octanol–water partition coefficient (Wildman–Crippen LogP) is 6.81.